The van der Waals surface area contributed by atoms with E-state index in [4.69, 9.17) is 15.3 Å². The number of hydrogen-bond acceptors (Lipinski definition) is 8. The first kappa shape index (κ1) is 27.0. The molecule has 1 amide bonds. The van der Waals surface area contributed by atoms with Gasteiger partial charge in [-0.1, -0.05) is 48.5 Å². The second-order valence-electron chi connectivity index (χ2n) is 8.68. The summed E-state index contributed by atoms with van der Waals surface area (Å²) in [5, 5.41) is 0. The van der Waals surface area contributed by atoms with Crippen LogP contribution in [-0.4, -0.2) is 54.8 Å². The highest BCUT2D eigenvalue weighted by molar-refractivity contribution is 7.87. The summed E-state index contributed by atoms with van der Waals surface area (Å²) in [4.78, 5) is 45.8. The van der Waals surface area contributed by atoms with Crippen molar-refractivity contribution >= 4 is 28.1 Å². The summed E-state index contributed by atoms with van der Waals surface area (Å²) in [6.07, 6.45) is 2.22. The highest BCUT2D eigenvalue weighted by Gasteiger charge is 2.32. The first-order chi connectivity index (χ1) is 18.3. The summed E-state index contributed by atoms with van der Waals surface area (Å²) in [5.74, 6) is -2.14. The zero-order valence-corrected chi connectivity index (χ0v) is 21.3. The molecule has 1 aromatic heterocycles. The minimum atomic E-state index is -4.53. The average Bonchev–Trinajstić information content (AvgIpc) is 3.42. The van der Waals surface area contributed by atoms with Gasteiger partial charge in [-0.15, -0.1) is 0 Å². The monoisotopic (exact) mass is 540 g/mol. The second kappa shape index (κ2) is 12.0. The predicted octanol–water partition coefficient (Wildman–Crippen LogP) is 1.96. The SMILES string of the molecule is NCC(=O)N1CCC(c2ccn(S(=O)(=O)NOC(=O)c3ccccc3)c2C(=O)OCc2ccccc2)CC1. The van der Waals surface area contributed by atoms with Crippen molar-refractivity contribution in [1.82, 2.24) is 13.8 Å². The smallest absolute Gasteiger partial charge is 0.357 e. The number of esters is 1. The lowest BCUT2D eigenvalue weighted by Gasteiger charge is -2.32. The maximum absolute atomic E-state index is 13.3. The number of nitrogens with one attached hydrogen (secondary N) is 1. The van der Waals surface area contributed by atoms with Gasteiger partial charge in [0.2, 0.25) is 5.91 Å². The van der Waals surface area contributed by atoms with Crippen LogP contribution >= 0.6 is 0 Å². The van der Waals surface area contributed by atoms with Gasteiger partial charge >= 0.3 is 22.1 Å². The highest BCUT2D eigenvalue weighted by Crippen LogP contribution is 2.32. The van der Waals surface area contributed by atoms with Crippen LogP contribution in [0.2, 0.25) is 0 Å². The van der Waals surface area contributed by atoms with Gasteiger partial charge in [0.1, 0.15) is 12.3 Å². The molecule has 0 saturated carbocycles. The molecule has 11 nitrogen and oxygen atoms in total. The number of nitrogens with two attached hydrogens (primary N) is 1. The molecule has 1 fully saturated rings. The third kappa shape index (κ3) is 6.28. The number of likely N-dealkylation sites (tertiary alicyclic amines) is 1. The van der Waals surface area contributed by atoms with Crippen molar-refractivity contribution in [2.45, 2.75) is 25.4 Å². The molecule has 200 valence electrons. The molecule has 1 saturated heterocycles. The van der Waals surface area contributed by atoms with E-state index in [9.17, 15) is 22.8 Å². The fourth-order valence-electron chi connectivity index (χ4n) is 4.29. The Morgan fingerprint density at radius 3 is 2.18 bits per heavy atom. The summed E-state index contributed by atoms with van der Waals surface area (Å²) in [6.45, 7) is 0.683. The van der Waals surface area contributed by atoms with Crippen LogP contribution in [0.5, 0.6) is 0 Å². The topological polar surface area (TPSA) is 150 Å². The van der Waals surface area contributed by atoms with Gasteiger partial charge in [0.25, 0.3) is 0 Å². The summed E-state index contributed by atoms with van der Waals surface area (Å²) >= 11 is 0. The maximum atomic E-state index is 13.3. The number of benzene rings is 2. The van der Waals surface area contributed by atoms with Crippen LogP contribution in [-0.2, 0) is 31.2 Å². The fourth-order valence-corrected chi connectivity index (χ4v) is 5.19. The highest BCUT2D eigenvalue weighted by atomic mass is 32.2. The molecule has 0 spiro atoms. The quantitative estimate of drug-likeness (QED) is 0.309. The van der Waals surface area contributed by atoms with E-state index < -0.39 is 22.1 Å². The Bertz CT molecular complexity index is 1380. The number of carbonyl (C=O) groups is 3. The Kier molecular flexibility index (Phi) is 8.56. The van der Waals surface area contributed by atoms with Gasteiger partial charge in [0.15, 0.2) is 0 Å². The molecule has 3 N–H and O–H groups in total. The fraction of sp³-hybridized carbons (Fsp3) is 0.269. The molecule has 12 heteroatoms. The molecule has 1 aliphatic rings. The van der Waals surface area contributed by atoms with Gasteiger partial charge in [-0.25, -0.2) is 13.6 Å². The van der Waals surface area contributed by atoms with Crippen molar-refractivity contribution in [2.24, 2.45) is 5.73 Å². The molecule has 0 aliphatic carbocycles. The Morgan fingerprint density at radius 2 is 1.55 bits per heavy atom. The Morgan fingerprint density at radius 1 is 0.921 bits per heavy atom. The lowest BCUT2D eigenvalue weighted by Crippen LogP contribution is -2.41. The number of aromatic nitrogens is 1. The van der Waals surface area contributed by atoms with Gasteiger partial charge in [-0.05, 0) is 53.0 Å². The van der Waals surface area contributed by atoms with Gasteiger partial charge in [-0.3, -0.25) is 4.79 Å². The van der Waals surface area contributed by atoms with Crippen molar-refractivity contribution in [3.05, 3.63) is 95.3 Å². The molecule has 0 bridgehead atoms. The molecular weight excluding hydrogens is 512 g/mol. The molecule has 2 heterocycles. The van der Waals surface area contributed by atoms with Gasteiger partial charge in [-0.2, -0.15) is 8.42 Å². The lowest BCUT2D eigenvalue weighted by atomic mass is 9.89. The number of ether oxygens (including phenoxy) is 1. The number of nitrogens with zero attached hydrogens (tertiary/aromatic N) is 2. The van der Waals surface area contributed by atoms with E-state index in [1.54, 1.807) is 52.2 Å². The Labute approximate surface area is 220 Å². The number of rotatable bonds is 9. The minimum absolute atomic E-state index is 0.0653. The predicted molar refractivity (Wildman–Crippen MR) is 137 cm³/mol. The molecular formula is C26H28N4O7S. The van der Waals surface area contributed by atoms with Crippen molar-refractivity contribution in [1.29, 1.82) is 0 Å². The summed E-state index contributed by atoms with van der Waals surface area (Å²) in [7, 11) is -4.53. The van der Waals surface area contributed by atoms with E-state index in [2.05, 4.69) is 0 Å². The zero-order chi connectivity index (χ0) is 27.1. The van der Waals surface area contributed by atoms with Crippen LogP contribution < -0.4 is 10.6 Å². The standard InChI is InChI=1S/C26H28N4O7S/c27-17-23(31)29-14-11-20(12-15-29)22-13-16-30(24(22)26(33)36-18-19-7-3-1-4-8-19)38(34,35)28-37-25(32)21-9-5-2-6-10-21/h1-10,13,16,20,28H,11-12,14-15,17-18,27H2. The van der Waals surface area contributed by atoms with E-state index >= 15 is 0 Å². The average molecular weight is 541 g/mol. The number of carbonyl (C=O) groups excluding carboxylic acids is 3. The van der Waals surface area contributed by atoms with Crippen molar-refractivity contribution < 1.29 is 32.4 Å². The zero-order valence-electron chi connectivity index (χ0n) is 20.5. The molecule has 1 aliphatic heterocycles. The van der Waals surface area contributed by atoms with Crippen molar-refractivity contribution in [3.63, 3.8) is 0 Å². The van der Waals surface area contributed by atoms with E-state index in [-0.39, 0.29) is 36.2 Å². The Balaban J connectivity index is 1.58. The molecule has 0 atom stereocenters. The van der Waals surface area contributed by atoms with E-state index in [1.807, 2.05) is 6.07 Å². The van der Waals surface area contributed by atoms with Gasteiger partial charge in [0, 0.05) is 19.3 Å². The first-order valence-electron chi connectivity index (χ1n) is 12.0. The maximum Gasteiger partial charge on any atom is 0.357 e. The summed E-state index contributed by atoms with van der Waals surface area (Å²) in [5.41, 5.74) is 6.60. The summed E-state index contributed by atoms with van der Waals surface area (Å²) in [6, 6.07) is 18.4. The molecule has 4 rings (SSSR count). The van der Waals surface area contributed by atoms with E-state index in [0.29, 0.717) is 35.5 Å². The van der Waals surface area contributed by atoms with Crippen LogP contribution in [0.25, 0.3) is 0 Å². The van der Waals surface area contributed by atoms with Crippen LogP contribution in [0.3, 0.4) is 0 Å². The number of piperidine rings is 1. The normalized spacial score (nSPS) is 14.2. The van der Waals surface area contributed by atoms with Gasteiger partial charge < -0.3 is 20.2 Å². The van der Waals surface area contributed by atoms with Crippen LogP contribution in [0, 0.1) is 0 Å². The van der Waals surface area contributed by atoms with E-state index in [0.717, 1.165) is 5.56 Å². The number of hydrogen-bond donors (Lipinski definition) is 2. The molecule has 38 heavy (non-hydrogen) atoms. The van der Waals surface area contributed by atoms with E-state index in [1.165, 1.54) is 24.4 Å². The summed E-state index contributed by atoms with van der Waals surface area (Å²) < 4.78 is 32.5. The Hall–Kier alpha value is -4.00. The van der Waals surface area contributed by atoms with Gasteiger partial charge in [0.05, 0.1) is 12.1 Å². The van der Waals surface area contributed by atoms with Crippen LogP contribution in [0.15, 0.2) is 72.9 Å². The van der Waals surface area contributed by atoms with Crippen molar-refractivity contribution in [3.8, 4) is 0 Å². The number of amides is 1. The third-order valence-corrected chi connectivity index (χ3v) is 7.38. The van der Waals surface area contributed by atoms with Crippen LogP contribution in [0.1, 0.15) is 50.7 Å². The largest absolute Gasteiger partial charge is 0.456 e. The third-order valence-electron chi connectivity index (χ3n) is 6.26. The molecule has 0 unspecified atom stereocenters. The molecule has 2 aromatic carbocycles. The lowest BCUT2D eigenvalue weighted by molar-refractivity contribution is -0.130. The van der Waals surface area contributed by atoms with Crippen LogP contribution in [0.4, 0.5) is 0 Å². The molecule has 3 aromatic rings. The second-order valence-corrected chi connectivity index (χ2v) is 10.2. The first-order valence-corrected chi connectivity index (χ1v) is 13.4. The minimum Gasteiger partial charge on any atom is -0.456 e. The van der Waals surface area contributed by atoms with Crippen molar-refractivity contribution in [2.75, 3.05) is 19.6 Å². The molecule has 0 radical (unpaired) electrons.